The molecule has 1 saturated heterocycles. The van der Waals surface area contributed by atoms with E-state index in [0.29, 0.717) is 5.78 Å². The average Bonchev–Trinajstić information content (AvgIpc) is 3.06. The second-order valence-corrected chi connectivity index (χ2v) is 7.44. The maximum Gasteiger partial charge on any atom is 0.254 e. The van der Waals surface area contributed by atoms with E-state index in [-0.39, 0.29) is 0 Å². The molecule has 6 nitrogen and oxygen atoms in total. The minimum atomic E-state index is 0.713. The molecule has 3 heterocycles. The molecule has 27 heavy (non-hydrogen) atoms. The van der Waals surface area contributed by atoms with Gasteiger partial charge in [-0.3, -0.25) is 0 Å². The lowest BCUT2D eigenvalue weighted by molar-refractivity contribution is 0.636. The van der Waals surface area contributed by atoms with E-state index in [4.69, 9.17) is 5.10 Å². The Morgan fingerprint density at radius 1 is 0.963 bits per heavy atom. The topological polar surface area (TPSA) is 49.6 Å². The summed E-state index contributed by atoms with van der Waals surface area (Å²) in [7, 11) is 0. The van der Waals surface area contributed by atoms with Crippen LogP contribution in [0.4, 0.5) is 11.5 Å². The molecule has 0 N–H and O–H groups in total. The van der Waals surface area contributed by atoms with E-state index in [9.17, 15) is 0 Å². The van der Waals surface area contributed by atoms with Gasteiger partial charge in [0.2, 0.25) is 0 Å². The van der Waals surface area contributed by atoms with E-state index >= 15 is 0 Å². The predicted molar refractivity (Wildman–Crippen MR) is 110 cm³/mol. The van der Waals surface area contributed by atoms with Gasteiger partial charge in [0, 0.05) is 50.0 Å². The summed E-state index contributed by atoms with van der Waals surface area (Å²) in [5, 5.41) is 4.71. The van der Waals surface area contributed by atoms with Crippen molar-refractivity contribution in [3.8, 4) is 0 Å². The summed E-state index contributed by atoms with van der Waals surface area (Å²) in [6.07, 6.45) is 1.93. The summed E-state index contributed by atoms with van der Waals surface area (Å²) >= 11 is 0. The molecule has 0 unspecified atom stereocenters. The van der Waals surface area contributed by atoms with E-state index in [1.54, 1.807) is 0 Å². The van der Waals surface area contributed by atoms with Crippen LogP contribution in [0, 0.1) is 20.8 Å². The number of fused-ring (bicyclic) bond motifs is 1. The molecule has 1 fully saturated rings. The van der Waals surface area contributed by atoms with Crippen LogP contribution in [0.1, 0.15) is 36.0 Å². The lowest BCUT2D eigenvalue weighted by atomic mass is 10.1. The molecule has 2 aromatic heterocycles. The maximum absolute atomic E-state index is 4.71. The molecule has 0 amide bonds. The number of hydrogen-bond acceptors (Lipinski definition) is 5. The highest BCUT2D eigenvalue weighted by molar-refractivity contribution is 5.57. The van der Waals surface area contributed by atoms with E-state index in [0.717, 1.165) is 56.4 Å². The fraction of sp³-hybridized carbons (Fsp3) is 0.476. The lowest BCUT2D eigenvalue weighted by Crippen LogP contribution is -2.47. The van der Waals surface area contributed by atoms with Crippen LogP contribution < -0.4 is 9.80 Å². The predicted octanol–water partition coefficient (Wildman–Crippen LogP) is 3.33. The van der Waals surface area contributed by atoms with Gasteiger partial charge in [-0.1, -0.05) is 19.1 Å². The molecule has 0 radical (unpaired) electrons. The zero-order chi connectivity index (χ0) is 19.0. The molecule has 4 rings (SSSR count). The van der Waals surface area contributed by atoms with Gasteiger partial charge in [0.05, 0.1) is 0 Å². The third-order valence-electron chi connectivity index (χ3n) is 5.46. The Kier molecular flexibility index (Phi) is 4.72. The second kappa shape index (κ2) is 7.18. The zero-order valence-corrected chi connectivity index (χ0v) is 16.7. The summed E-state index contributed by atoms with van der Waals surface area (Å²) < 4.78 is 1.92. The van der Waals surface area contributed by atoms with Crippen LogP contribution in [-0.2, 0) is 6.42 Å². The van der Waals surface area contributed by atoms with Gasteiger partial charge in [-0.05, 0) is 44.4 Å². The van der Waals surface area contributed by atoms with E-state index < -0.39 is 0 Å². The van der Waals surface area contributed by atoms with Gasteiger partial charge in [0.15, 0.2) is 5.82 Å². The quantitative estimate of drug-likeness (QED) is 0.711. The van der Waals surface area contributed by atoms with Gasteiger partial charge in [-0.15, -0.1) is 5.10 Å². The Hall–Kier alpha value is -2.63. The first kappa shape index (κ1) is 17.8. The zero-order valence-electron chi connectivity index (χ0n) is 16.7. The normalized spacial score (nSPS) is 15.0. The molecule has 1 aliphatic heterocycles. The fourth-order valence-corrected chi connectivity index (χ4v) is 3.82. The van der Waals surface area contributed by atoms with Crippen molar-refractivity contribution in [1.82, 2.24) is 19.6 Å². The number of hydrogen-bond donors (Lipinski definition) is 0. The van der Waals surface area contributed by atoms with Crippen LogP contribution in [0.25, 0.3) is 5.78 Å². The van der Waals surface area contributed by atoms with Crippen molar-refractivity contribution in [3.63, 3.8) is 0 Å². The third kappa shape index (κ3) is 3.36. The van der Waals surface area contributed by atoms with Crippen LogP contribution in [0.5, 0.6) is 0 Å². The Balaban J connectivity index is 1.58. The number of anilines is 2. The number of benzene rings is 1. The Bertz CT molecular complexity index is 953. The number of aromatic nitrogens is 4. The van der Waals surface area contributed by atoms with Crippen molar-refractivity contribution in [2.75, 3.05) is 36.0 Å². The number of aryl methyl sites for hydroxylation is 3. The van der Waals surface area contributed by atoms with E-state index in [1.165, 1.54) is 16.8 Å². The number of piperazine rings is 1. The fourth-order valence-electron chi connectivity index (χ4n) is 3.82. The van der Waals surface area contributed by atoms with Gasteiger partial charge < -0.3 is 9.80 Å². The molecule has 6 heteroatoms. The first-order valence-corrected chi connectivity index (χ1v) is 9.86. The molecule has 3 aromatic rings. The van der Waals surface area contributed by atoms with Gasteiger partial charge >= 0.3 is 0 Å². The summed E-state index contributed by atoms with van der Waals surface area (Å²) in [6, 6.07) is 8.71. The largest absolute Gasteiger partial charge is 0.368 e. The highest BCUT2D eigenvalue weighted by Crippen LogP contribution is 2.25. The molecule has 1 aliphatic rings. The Morgan fingerprint density at radius 2 is 1.70 bits per heavy atom. The highest BCUT2D eigenvalue weighted by atomic mass is 15.4. The third-order valence-corrected chi connectivity index (χ3v) is 5.46. The monoisotopic (exact) mass is 364 g/mol. The molecule has 0 spiro atoms. The maximum atomic E-state index is 4.71. The minimum absolute atomic E-state index is 0.713. The molecule has 0 atom stereocenters. The SMILES string of the molecule is CCCc1nc2nc(C)cc(N3CCN(c4cccc(C)c4C)CC3)n2n1. The molecule has 0 aliphatic carbocycles. The van der Waals surface area contributed by atoms with Crippen LogP contribution >= 0.6 is 0 Å². The van der Waals surface area contributed by atoms with E-state index in [1.807, 2.05) is 11.4 Å². The van der Waals surface area contributed by atoms with E-state index in [2.05, 4.69) is 64.8 Å². The number of nitrogens with zero attached hydrogens (tertiary/aromatic N) is 6. The first-order valence-electron chi connectivity index (χ1n) is 9.86. The lowest BCUT2D eigenvalue weighted by Gasteiger charge is -2.38. The van der Waals surface area contributed by atoms with Crippen LogP contribution in [0.15, 0.2) is 24.3 Å². The molecule has 0 saturated carbocycles. The van der Waals surface area contributed by atoms with Crippen LogP contribution in [0.2, 0.25) is 0 Å². The Labute approximate surface area is 160 Å². The molecule has 0 bridgehead atoms. The first-order chi connectivity index (χ1) is 13.1. The van der Waals surface area contributed by atoms with Crippen molar-refractivity contribution >= 4 is 17.3 Å². The summed E-state index contributed by atoms with van der Waals surface area (Å²) in [6.45, 7) is 12.5. The van der Waals surface area contributed by atoms with Gasteiger partial charge in [-0.25, -0.2) is 4.98 Å². The summed E-state index contributed by atoms with van der Waals surface area (Å²) in [5.41, 5.74) is 5.09. The van der Waals surface area contributed by atoms with Crippen LogP contribution in [0.3, 0.4) is 0 Å². The minimum Gasteiger partial charge on any atom is -0.368 e. The van der Waals surface area contributed by atoms with Crippen LogP contribution in [-0.4, -0.2) is 45.8 Å². The second-order valence-electron chi connectivity index (χ2n) is 7.44. The van der Waals surface area contributed by atoms with Crippen molar-refractivity contribution in [2.45, 2.75) is 40.5 Å². The van der Waals surface area contributed by atoms with Gasteiger partial charge in [0.25, 0.3) is 5.78 Å². The molecule has 142 valence electrons. The smallest absolute Gasteiger partial charge is 0.254 e. The Morgan fingerprint density at radius 3 is 2.44 bits per heavy atom. The summed E-state index contributed by atoms with van der Waals surface area (Å²) in [4.78, 5) is 14.1. The van der Waals surface area contributed by atoms with Crippen molar-refractivity contribution in [1.29, 1.82) is 0 Å². The average molecular weight is 364 g/mol. The van der Waals surface area contributed by atoms with Crippen molar-refractivity contribution in [3.05, 3.63) is 46.9 Å². The molecule has 1 aromatic carbocycles. The van der Waals surface area contributed by atoms with Crippen molar-refractivity contribution < 1.29 is 0 Å². The van der Waals surface area contributed by atoms with Crippen molar-refractivity contribution in [2.24, 2.45) is 0 Å². The number of rotatable bonds is 4. The van der Waals surface area contributed by atoms with Gasteiger partial charge in [0.1, 0.15) is 5.82 Å². The summed E-state index contributed by atoms with van der Waals surface area (Å²) in [5.74, 6) is 2.70. The molecular weight excluding hydrogens is 336 g/mol. The molecular formula is C21H28N6. The highest BCUT2D eigenvalue weighted by Gasteiger charge is 2.22. The standard InChI is InChI=1S/C21H28N6/c1-5-7-19-23-21-22-16(3)14-20(27(21)24-19)26-12-10-25(11-13-26)18-9-6-8-15(2)17(18)4/h6,8-9,14H,5,7,10-13H2,1-4H3. The van der Waals surface area contributed by atoms with Gasteiger partial charge in [-0.2, -0.15) is 9.50 Å².